The average Bonchev–Trinajstić information content (AvgIpc) is 2.73. The zero-order chi connectivity index (χ0) is 14.0. The van der Waals surface area contributed by atoms with Crippen LogP contribution in [0.25, 0.3) is 0 Å². The van der Waals surface area contributed by atoms with Gasteiger partial charge in [0.2, 0.25) is 5.67 Å². The number of carbonyl (C=O) groups is 1. The van der Waals surface area contributed by atoms with Crippen LogP contribution < -0.4 is 4.74 Å². The number of benzene rings is 1. The van der Waals surface area contributed by atoms with E-state index >= 15 is 0 Å². The molecule has 0 aromatic heterocycles. The Morgan fingerprint density at radius 1 is 1.63 bits per heavy atom. The lowest BCUT2D eigenvalue weighted by atomic mass is 10.1. The first-order chi connectivity index (χ1) is 8.94. The summed E-state index contributed by atoms with van der Waals surface area (Å²) in [5.74, 6) is -1.04. The van der Waals surface area contributed by atoms with E-state index in [2.05, 4.69) is 0 Å². The minimum Gasteiger partial charge on any atom is -0.490 e. The van der Waals surface area contributed by atoms with E-state index in [4.69, 9.17) is 26.7 Å². The number of alkyl halides is 1. The number of rotatable bonds is 3. The van der Waals surface area contributed by atoms with Crippen LogP contribution in [-0.2, 0) is 4.79 Å². The second kappa shape index (κ2) is 5.06. The number of hydrogen-bond donors (Lipinski definition) is 1. The van der Waals surface area contributed by atoms with E-state index < -0.39 is 17.7 Å². The van der Waals surface area contributed by atoms with Gasteiger partial charge in [0.15, 0.2) is 0 Å². The van der Waals surface area contributed by atoms with Gasteiger partial charge >= 0.3 is 5.97 Å². The summed E-state index contributed by atoms with van der Waals surface area (Å²) in [6, 6.07) is 6.46. The molecule has 0 bridgehead atoms. The van der Waals surface area contributed by atoms with Gasteiger partial charge in [0, 0.05) is 12.5 Å². The number of hydrogen-bond acceptors (Lipinski definition) is 3. The summed E-state index contributed by atoms with van der Waals surface area (Å²) in [5, 5.41) is 17.8. The Morgan fingerprint density at radius 3 is 2.89 bits per heavy atom. The minimum absolute atomic E-state index is 0.0585. The smallest absolute Gasteiger partial charge is 0.341 e. The first kappa shape index (κ1) is 13.6. The summed E-state index contributed by atoms with van der Waals surface area (Å²) < 4.78 is 19.3. The van der Waals surface area contributed by atoms with Crippen LogP contribution in [0.4, 0.5) is 4.39 Å². The number of nitrogens with zero attached hydrogens (tertiary/aromatic N) is 1. The lowest BCUT2D eigenvalue weighted by Gasteiger charge is -2.16. The van der Waals surface area contributed by atoms with E-state index in [-0.39, 0.29) is 17.9 Å². The second-order valence-electron chi connectivity index (χ2n) is 4.51. The summed E-state index contributed by atoms with van der Waals surface area (Å²) in [4.78, 5) is 10.8. The zero-order valence-corrected chi connectivity index (χ0v) is 10.7. The standard InChI is InChI=1S/C13H11ClFNO3/c14-11-5-9(2-1-8(11)7-16)19-10-3-4-13(15,6-10)12(17)18/h1-2,5,10H,3-4,6H2,(H,17,18)/t10-,13+/m1/s1. The normalized spacial score (nSPS) is 25.8. The molecule has 1 aromatic carbocycles. The molecule has 1 fully saturated rings. The predicted octanol–water partition coefficient (Wildman–Crippen LogP) is 2.94. The Kier molecular flexibility index (Phi) is 3.63. The molecule has 0 saturated heterocycles. The molecule has 1 aliphatic carbocycles. The fraction of sp³-hybridized carbons (Fsp3) is 0.385. The summed E-state index contributed by atoms with van der Waals surface area (Å²) in [6.45, 7) is 0. The van der Waals surface area contributed by atoms with Crippen molar-refractivity contribution in [2.45, 2.75) is 31.0 Å². The third-order valence-corrected chi connectivity index (χ3v) is 3.47. The van der Waals surface area contributed by atoms with Gasteiger partial charge in [0.05, 0.1) is 10.6 Å². The third kappa shape index (κ3) is 2.79. The highest BCUT2D eigenvalue weighted by molar-refractivity contribution is 6.31. The van der Waals surface area contributed by atoms with Crippen molar-refractivity contribution >= 4 is 17.6 Å². The van der Waals surface area contributed by atoms with Gasteiger partial charge in [-0.25, -0.2) is 9.18 Å². The molecular formula is C13H11ClFNO3. The maximum atomic E-state index is 13.8. The molecule has 0 heterocycles. The van der Waals surface area contributed by atoms with Gasteiger partial charge in [-0.2, -0.15) is 5.26 Å². The molecule has 0 spiro atoms. The van der Waals surface area contributed by atoms with Crippen molar-refractivity contribution in [3.8, 4) is 11.8 Å². The number of nitriles is 1. The molecule has 1 aliphatic rings. The number of ether oxygens (including phenoxy) is 1. The van der Waals surface area contributed by atoms with Crippen molar-refractivity contribution in [1.29, 1.82) is 5.26 Å². The Balaban J connectivity index is 2.06. The Bertz CT molecular complexity index is 557. The molecule has 4 nitrogen and oxygen atoms in total. The number of carboxylic acid groups (broad SMARTS) is 1. The molecule has 0 amide bonds. The highest BCUT2D eigenvalue weighted by Gasteiger charge is 2.47. The topological polar surface area (TPSA) is 70.3 Å². The van der Waals surface area contributed by atoms with E-state index in [1.165, 1.54) is 12.1 Å². The zero-order valence-electron chi connectivity index (χ0n) is 9.90. The van der Waals surface area contributed by atoms with Crippen molar-refractivity contribution in [3.05, 3.63) is 28.8 Å². The molecular weight excluding hydrogens is 273 g/mol. The van der Waals surface area contributed by atoms with Crippen molar-refractivity contribution in [3.63, 3.8) is 0 Å². The van der Waals surface area contributed by atoms with Crippen LogP contribution in [0.1, 0.15) is 24.8 Å². The molecule has 1 N–H and O–H groups in total. The van der Waals surface area contributed by atoms with Gasteiger partial charge < -0.3 is 9.84 Å². The largest absolute Gasteiger partial charge is 0.490 e. The quantitative estimate of drug-likeness (QED) is 0.926. The fourth-order valence-corrected chi connectivity index (χ4v) is 2.31. The molecule has 1 saturated carbocycles. The van der Waals surface area contributed by atoms with E-state index in [9.17, 15) is 9.18 Å². The average molecular weight is 284 g/mol. The molecule has 19 heavy (non-hydrogen) atoms. The van der Waals surface area contributed by atoms with Crippen molar-refractivity contribution in [2.24, 2.45) is 0 Å². The number of halogens is 2. The SMILES string of the molecule is N#Cc1ccc(O[C@@H]2CC[C@@](F)(C(=O)O)C2)cc1Cl. The molecule has 0 unspecified atom stereocenters. The Morgan fingerprint density at radius 2 is 2.37 bits per heavy atom. The molecule has 2 rings (SSSR count). The predicted molar refractivity (Wildman–Crippen MR) is 65.9 cm³/mol. The van der Waals surface area contributed by atoms with E-state index in [0.29, 0.717) is 17.7 Å². The van der Waals surface area contributed by atoms with Crippen molar-refractivity contribution < 1.29 is 19.0 Å². The highest BCUT2D eigenvalue weighted by Crippen LogP contribution is 2.36. The summed E-state index contributed by atoms with van der Waals surface area (Å²) >= 11 is 5.85. The number of aliphatic carboxylic acids is 1. The van der Waals surface area contributed by atoms with Gasteiger partial charge in [-0.3, -0.25) is 0 Å². The van der Waals surface area contributed by atoms with Crippen LogP contribution >= 0.6 is 11.6 Å². The van der Waals surface area contributed by atoms with Crippen LogP contribution in [0.2, 0.25) is 5.02 Å². The summed E-state index contributed by atoms with van der Waals surface area (Å²) in [5.41, 5.74) is -1.88. The Labute approximate surface area is 114 Å². The highest BCUT2D eigenvalue weighted by atomic mass is 35.5. The van der Waals surface area contributed by atoms with Crippen molar-refractivity contribution in [2.75, 3.05) is 0 Å². The van der Waals surface area contributed by atoms with Crippen LogP contribution in [0, 0.1) is 11.3 Å². The molecule has 100 valence electrons. The Hall–Kier alpha value is -1.80. The maximum absolute atomic E-state index is 13.8. The van der Waals surface area contributed by atoms with Gasteiger partial charge in [-0.05, 0) is 25.0 Å². The molecule has 1 aromatic rings. The molecule has 6 heteroatoms. The van der Waals surface area contributed by atoms with Crippen LogP contribution in [0.15, 0.2) is 18.2 Å². The van der Waals surface area contributed by atoms with Crippen LogP contribution in [0.3, 0.4) is 0 Å². The van der Waals surface area contributed by atoms with Gasteiger partial charge in [0.25, 0.3) is 0 Å². The monoisotopic (exact) mass is 283 g/mol. The van der Waals surface area contributed by atoms with Crippen molar-refractivity contribution in [1.82, 2.24) is 0 Å². The summed E-state index contributed by atoms with van der Waals surface area (Å²) in [7, 11) is 0. The van der Waals surface area contributed by atoms with Gasteiger partial charge in [-0.15, -0.1) is 0 Å². The first-order valence-corrected chi connectivity index (χ1v) is 6.11. The number of carboxylic acids is 1. The van der Waals surface area contributed by atoms with Gasteiger partial charge in [0.1, 0.15) is 17.9 Å². The molecule has 0 radical (unpaired) electrons. The summed E-state index contributed by atoms with van der Waals surface area (Å²) in [6.07, 6.45) is -0.401. The maximum Gasteiger partial charge on any atom is 0.341 e. The van der Waals surface area contributed by atoms with Gasteiger partial charge in [-0.1, -0.05) is 11.6 Å². The van der Waals surface area contributed by atoms with Crippen LogP contribution in [0.5, 0.6) is 5.75 Å². The molecule has 0 aliphatic heterocycles. The minimum atomic E-state index is -2.21. The first-order valence-electron chi connectivity index (χ1n) is 5.73. The van der Waals surface area contributed by atoms with E-state index in [1.807, 2.05) is 6.07 Å². The van der Waals surface area contributed by atoms with Crippen LogP contribution in [-0.4, -0.2) is 22.8 Å². The van der Waals surface area contributed by atoms with E-state index in [0.717, 1.165) is 0 Å². The lowest BCUT2D eigenvalue weighted by Crippen LogP contribution is -2.31. The fourth-order valence-electron chi connectivity index (χ4n) is 2.10. The molecule has 2 atom stereocenters. The lowest BCUT2D eigenvalue weighted by molar-refractivity contribution is -0.150. The second-order valence-corrected chi connectivity index (χ2v) is 4.91. The van der Waals surface area contributed by atoms with E-state index in [1.54, 1.807) is 6.07 Å². The third-order valence-electron chi connectivity index (χ3n) is 3.16.